The lowest BCUT2D eigenvalue weighted by molar-refractivity contribution is 0.596. The highest BCUT2D eigenvalue weighted by molar-refractivity contribution is 7.98. The van der Waals surface area contributed by atoms with E-state index in [0.29, 0.717) is 10.9 Å². The molecule has 2 N–H and O–H groups in total. The second-order valence-corrected chi connectivity index (χ2v) is 5.25. The fourth-order valence-corrected chi connectivity index (χ4v) is 2.31. The maximum atomic E-state index is 11.2. The van der Waals surface area contributed by atoms with Gasteiger partial charge in [0.05, 0.1) is 18.1 Å². The predicted molar refractivity (Wildman–Crippen MR) is 80.5 cm³/mol. The number of nitrogens with one attached hydrogen (secondary N) is 2. The first-order valence-electron chi connectivity index (χ1n) is 6.45. The maximum absolute atomic E-state index is 11.2. The van der Waals surface area contributed by atoms with Crippen LogP contribution in [0.25, 0.3) is 0 Å². The third kappa shape index (κ3) is 4.15. The monoisotopic (exact) mass is 308 g/mol. The van der Waals surface area contributed by atoms with Gasteiger partial charge >= 0.3 is 11.1 Å². The van der Waals surface area contributed by atoms with Gasteiger partial charge in [-0.05, 0) is 6.42 Å². The highest BCUT2D eigenvalue weighted by Gasteiger charge is 2.06. The molecule has 0 aliphatic carbocycles. The predicted octanol–water partition coefficient (Wildman–Crippen LogP) is 0.373. The second-order valence-electron chi connectivity index (χ2n) is 4.31. The normalized spacial score (nSPS) is 10.6. The summed E-state index contributed by atoms with van der Waals surface area (Å²) in [6.45, 7) is 2.93. The summed E-state index contributed by atoms with van der Waals surface area (Å²) in [6, 6.07) is 0. The Balaban J connectivity index is 2.01. The number of hydrogen-bond acceptors (Lipinski definition) is 7. The second kappa shape index (κ2) is 7.02. The highest BCUT2D eigenvalue weighted by Crippen LogP contribution is 2.17. The quantitative estimate of drug-likeness (QED) is 0.586. The van der Waals surface area contributed by atoms with Crippen molar-refractivity contribution in [2.45, 2.75) is 24.3 Å². The molecule has 0 radical (unpaired) electrons. The lowest BCUT2D eigenvalue weighted by atomic mass is 10.4. The van der Waals surface area contributed by atoms with Gasteiger partial charge in [0.2, 0.25) is 0 Å². The molecule has 112 valence electrons. The van der Waals surface area contributed by atoms with Gasteiger partial charge in [0, 0.05) is 19.3 Å². The van der Waals surface area contributed by atoms with Crippen LogP contribution in [0.5, 0.6) is 0 Å². The molecule has 2 heterocycles. The molecule has 0 aliphatic rings. The molecular weight excluding hydrogens is 292 g/mol. The van der Waals surface area contributed by atoms with Gasteiger partial charge in [0.25, 0.3) is 0 Å². The van der Waals surface area contributed by atoms with E-state index < -0.39 is 11.1 Å². The van der Waals surface area contributed by atoms with E-state index in [1.54, 1.807) is 19.4 Å². The van der Waals surface area contributed by atoms with E-state index in [0.717, 1.165) is 24.5 Å². The van der Waals surface area contributed by atoms with Crippen molar-refractivity contribution in [3.05, 3.63) is 38.8 Å². The summed E-state index contributed by atoms with van der Waals surface area (Å²) in [5.74, 6) is 1.24. The Morgan fingerprint density at radius 1 is 1.33 bits per heavy atom. The van der Waals surface area contributed by atoms with E-state index in [-0.39, 0.29) is 0 Å². The standard InChI is InChI=1S/C12H16N6O2S/c1-3-4-13-9-6-14-8(5-15-9)7-21-12-16-10(19)11(20)17-18(12)2/h5-6H,3-4,7H2,1-2H3,(H,13,15)(H,17,20). The summed E-state index contributed by atoms with van der Waals surface area (Å²) in [5, 5.41) is 5.96. The first-order chi connectivity index (χ1) is 10.1. The minimum absolute atomic E-state index is 0.426. The molecule has 0 atom stereocenters. The number of nitrogens with zero attached hydrogens (tertiary/aromatic N) is 4. The van der Waals surface area contributed by atoms with Gasteiger partial charge in [0.1, 0.15) is 5.82 Å². The molecule has 2 aromatic rings. The van der Waals surface area contributed by atoms with E-state index in [2.05, 4.69) is 32.3 Å². The minimum Gasteiger partial charge on any atom is -0.369 e. The minimum atomic E-state index is -0.791. The molecule has 0 bridgehead atoms. The lowest BCUT2D eigenvalue weighted by Gasteiger charge is -2.06. The zero-order valence-corrected chi connectivity index (χ0v) is 12.6. The van der Waals surface area contributed by atoms with Crippen molar-refractivity contribution in [2.24, 2.45) is 7.05 Å². The largest absolute Gasteiger partial charge is 0.369 e. The summed E-state index contributed by atoms with van der Waals surface area (Å²) in [7, 11) is 1.62. The molecule has 2 rings (SSSR count). The summed E-state index contributed by atoms with van der Waals surface area (Å²) in [4.78, 5) is 34.6. The number of aryl methyl sites for hydroxylation is 1. The molecule has 0 saturated heterocycles. The Labute approximate surface area is 125 Å². The van der Waals surface area contributed by atoms with Crippen LogP contribution >= 0.6 is 11.8 Å². The summed E-state index contributed by atoms with van der Waals surface area (Å²) < 4.78 is 1.42. The molecule has 9 heteroatoms. The Morgan fingerprint density at radius 3 is 2.81 bits per heavy atom. The van der Waals surface area contributed by atoms with Crippen LogP contribution in [0.15, 0.2) is 27.1 Å². The van der Waals surface area contributed by atoms with E-state index >= 15 is 0 Å². The van der Waals surface area contributed by atoms with Gasteiger partial charge in [-0.2, -0.15) is 4.98 Å². The number of hydrogen-bond donors (Lipinski definition) is 2. The van der Waals surface area contributed by atoms with Gasteiger partial charge in [-0.25, -0.2) is 4.98 Å². The molecule has 0 spiro atoms. The number of rotatable bonds is 6. The van der Waals surface area contributed by atoms with Gasteiger partial charge in [-0.15, -0.1) is 0 Å². The van der Waals surface area contributed by atoms with Gasteiger partial charge < -0.3 is 5.32 Å². The molecule has 0 unspecified atom stereocenters. The summed E-state index contributed by atoms with van der Waals surface area (Å²) >= 11 is 1.31. The molecule has 8 nitrogen and oxygen atoms in total. The van der Waals surface area contributed by atoms with Crippen LogP contribution in [0.4, 0.5) is 5.82 Å². The van der Waals surface area contributed by atoms with E-state index in [4.69, 9.17) is 0 Å². The van der Waals surface area contributed by atoms with Crippen molar-refractivity contribution >= 4 is 17.6 Å². The van der Waals surface area contributed by atoms with Gasteiger partial charge in [-0.1, -0.05) is 18.7 Å². The van der Waals surface area contributed by atoms with Crippen LogP contribution < -0.4 is 16.4 Å². The number of aromatic amines is 1. The maximum Gasteiger partial charge on any atom is 0.339 e. The molecule has 0 aliphatic heterocycles. The molecule has 0 fully saturated rings. The van der Waals surface area contributed by atoms with E-state index in [1.165, 1.54) is 16.4 Å². The zero-order valence-electron chi connectivity index (χ0n) is 11.8. The molecule has 0 amide bonds. The van der Waals surface area contributed by atoms with E-state index in [1.807, 2.05) is 0 Å². The van der Waals surface area contributed by atoms with Gasteiger partial charge in [-0.3, -0.25) is 24.4 Å². The molecule has 21 heavy (non-hydrogen) atoms. The lowest BCUT2D eigenvalue weighted by Crippen LogP contribution is -2.33. The van der Waals surface area contributed by atoms with Crippen LogP contribution in [0.1, 0.15) is 19.0 Å². The smallest absolute Gasteiger partial charge is 0.339 e. The third-order valence-electron chi connectivity index (χ3n) is 2.56. The first-order valence-corrected chi connectivity index (χ1v) is 7.43. The Kier molecular flexibility index (Phi) is 5.09. The van der Waals surface area contributed by atoms with Crippen molar-refractivity contribution in [3.63, 3.8) is 0 Å². The number of thioether (sulfide) groups is 1. The van der Waals surface area contributed by atoms with Crippen LogP contribution in [0.3, 0.4) is 0 Å². The van der Waals surface area contributed by atoms with Crippen LogP contribution in [-0.4, -0.2) is 31.3 Å². The number of H-pyrrole nitrogens is 1. The van der Waals surface area contributed by atoms with Crippen LogP contribution in [0, 0.1) is 0 Å². The molecule has 0 aromatic carbocycles. The fourth-order valence-electron chi connectivity index (χ4n) is 1.50. The first kappa shape index (κ1) is 15.2. The van der Waals surface area contributed by atoms with E-state index in [9.17, 15) is 9.59 Å². The highest BCUT2D eigenvalue weighted by atomic mass is 32.2. The fraction of sp³-hybridized carbons (Fsp3) is 0.417. The Bertz CT molecular complexity index is 709. The summed E-state index contributed by atoms with van der Waals surface area (Å²) in [6.07, 6.45) is 4.37. The molecule has 2 aromatic heterocycles. The average Bonchev–Trinajstić information content (AvgIpc) is 2.48. The molecule has 0 saturated carbocycles. The van der Waals surface area contributed by atoms with Crippen molar-refractivity contribution in [2.75, 3.05) is 11.9 Å². The Hall–Kier alpha value is -2.16. The average molecular weight is 308 g/mol. The topological polar surface area (TPSA) is 106 Å². The Morgan fingerprint density at radius 2 is 2.14 bits per heavy atom. The van der Waals surface area contributed by atoms with Crippen molar-refractivity contribution < 1.29 is 0 Å². The van der Waals surface area contributed by atoms with Crippen molar-refractivity contribution in [3.8, 4) is 0 Å². The summed E-state index contributed by atoms with van der Waals surface area (Å²) in [5.41, 5.74) is -0.753. The zero-order chi connectivity index (χ0) is 15.2. The van der Waals surface area contributed by atoms with Crippen molar-refractivity contribution in [1.82, 2.24) is 24.7 Å². The SMILES string of the molecule is CCCNc1cnc(CSc2nc(=O)c(=O)[nH]n2C)cn1. The number of anilines is 1. The van der Waals surface area contributed by atoms with Crippen molar-refractivity contribution in [1.29, 1.82) is 0 Å². The molecular formula is C12H16N6O2S. The number of aromatic nitrogens is 5. The van der Waals surface area contributed by atoms with Gasteiger partial charge in [0.15, 0.2) is 5.16 Å². The third-order valence-corrected chi connectivity index (χ3v) is 3.62. The van der Waals surface area contributed by atoms with Crippen LogP contribution in [0.2, 0.25) is 0 Å². The van der Waals surface area contributed by atoms with Crippen LogP contribution in [-0.2, 0) is 12.8 Å².